The summed E-state index contributed by atoms with van der Waals surface area (Å²) >= 11 is 0. The lowest BCUT2D eigenvalue weighted by Crippen LogP contribution is -2.35. The summed E-state index contributed by atoms with van der Waals surface area (Å²) in [5.74, 6) is -0.370. The Kier molecular flexibility index (Phi) is 8.71. The van der Waals surface area contributed by atoms with Gasteiger partial charge in [0.25, 0.3) is 11.7 Å². The maximum absolute atomic E-state index is 13.1. The average Bonchev–Trinajstić information content (AvgIpc) is 3.10. The molecule has 0 bridgehead atoms. The van der Waals surface area contributed by atoms with Crippen molar-refractivity contribution in [3.05, 3.63) is 65.2 Å². The molecule has 1 heterocycles. The fourth-order valence-corrected chi connectivity index (χ4v) is 4.02. The third kappa shape index (κ3) is 5.59. The van der Waals surface area contributed by atoms with Crippen LogP contribution in [-0.4, -0.2) is 67.5 Å². The van der Waals surface area contributed by atoms with E-state index in [9.17, 15) is 14.7 Å². The minimum absolute atomic E-state index is 0.0774. The minimum Gasteiger partial charge on any atom is -0.507 e. The first-order valence-corrected chi connectivity index (χ1v) is 11.7. The van der Waals surface area contributed by atoms with Crippen LogP contribution in [0, 0.1) is 0 Å². The van der Waals surface area contributed by atoms with Crippen molar-refractivity contribution < 1.29 is 24.2 Å². The Morgan fingerprint density at radius 3 is 2.44 bits per heavy atom. The Morgan fingerprint density at radius 1 is 1.06 bits per heavy atom. The fourth-order valence-electron chi connectivity index (χ4n) is 4.02. The number of nitrogens with zero attached hydrogens (tertiary/aromatic N) is 2. The van der Waals surface area contributed by atoms with E-state index in [-0.39, 0.29) is 11.3 Å². The standard InChI is InChI=1S/C27H34N2O5/c1-5-6-10-17-34-21-14-13-20(18-22(21)33-4)24-23(25(30)19-11-8-7-9-12-19)26(31)27(32)29(24)16-15-28(2)3/h7-9,11-14,18,24,30H,5-6,10,15-17H2,1-4H3. The number of likely N-dealkylation sites (N-methyl/N-ethyl adjacent to an activating group) is 1. The largest absolute Gasteiger partial charge is 0.507 e. The van der Waals surface area contributed by atoms with Crippen LogP contribution in [0.3, 0.4) is 0 Å². The molecule has 1 aliphatic heterocycles. The lowest BCUT2D eigenvalue weighted by atomic mass is 9.95. The molecule has 3 rings (SSSR count). The Balaban J connectivity index is 2.05. The zero-order valence-electron chi connectivity index (χ0n) is 20.4. The highest BCUT2D eigenvalue weighted by molar-refractivity contribution is 6.46. The van der Waals surface area contributed by atoms with Crippen molar-refractivity contribution in [1.29, 1.82) is 0 Å². The van der Waals surface area contributed by atoms with Crippen molar-refractivity contribution >= 4 is 17.4 Å². The van der Waals surface area contributed by atoms with Crippen molar-refractivity contribution in [2.45, 2.75) is 32.2 Å². The van der Waals surface area contributed by atoms with E-state index in [0.29, 0.717) is 42.3 Å². The maximum Gasteiger partial charge on any atom is 0.295 e. The summed E-state index contributed by atoms with van der Waals surface area (Å²) < 4.78 is 11.5. The number of unbranched alkanes of at least 4 members (excludes halogenated alkanes) is 2. The molecule has 1 saturated heterocycles. The summed E-state index contributed by atoms with van der Waals surface area (Å²) in [4.78, 5) is 29.6. The van der Waals surface area contributed by atoms with E-state index in [1.807, 2.05) is 31.1 Å². The monoisotopic (exact) mass is 466 g/mol. The first kappa shape index (κ1) is 25.3. The number of likely N-dealkylation sites (tertiary alicyclic amines) is 1. The molecule has 0 aliphatic carbocycles. The molecule has 1 aliphatic rings. The van der Waals surface area contributed by atoms with Gasteiger partial charge in [-0.15, -0.1) is 0 Å². The number of aliphatic hydroxyl groups excluding tert-OH is 1. The molecule has 2 aromatic carbocycles. The number of ether oxygens (including phenoxy) is 2. The summed E-state index contributed by atoms with van der Waals surface area (Å²) in [7, 11) is 5.37. The Labute approximate surface area is 201 Å². The topological polar surface area (TPSA) is 79.3 Å². The third-order valence-corrected chi connectivity index (χ3v) is 5.88. The summed E-state index contributed by atoms with van der Waals surface area (Å²) in [6.07, 6.45) is 3.13. The predicted octanol–water partition coefficient (Wildman–Crippen LogP) is 4.25. The molecule has 1 unspecified atom stereocenters. The number of aliphatic hydroxyl groups is 1. The number of carbonyl (C=O) groups excluding carboxylic acids is 2. The summed E-state index contributed by atoms with van der Waals surface area (Å²) in [5.41, 5.74) is 1.24. The van der Waals surface area contributed by atoms with E-state index in [2.05, 4.69) is 6.92 Å². The first-order chi connectivity index (χ1) is 16.4. The van der Waals surface area contributed by atoms with Crippen LogP contribution >= 0.6 is 0 Å². The third-order valence-electron chi connectivity index (χ3n) is 5.88. The normalized spacial score (nSPS) is 17.4. The summed E-state index contributed by atoms with van der Waals surface area (Å²) in [6, 6.07) is 13.5. The second-order valence-corrected chi connectivity index (χ2v) is 8.63. The van der Waals surface area contributed by atoms with Gasteiger partial charge >= 0.3 is 0 Å². The van der Waals surface area contributed by atoms with Gasteiger partial charge in [0, 0.05) is 18.7 Å². The molecule has 1 atom stereocenters. The van der Waals surface area contributed by atoms with Gasteiger partial charge in [0.15, 0.2) is 11.5 Å². The Morgan fingerprint density at radius 2 is 1.79 bits per heavy atom. The molecule has 0 radical (unpaired) electrons. The van der Waals surface area contributed by atoms with Crippen molar-refractivity contribution in [2.24, 2.45) is 0 Å². The van der Waals surface area contributed by atoms with E-state index in [0.717, 1.165) is 19.3 Å². The van der Waals surface area contributed by atoms with Gasteiger partial charge in [0.1, 0.15) is 5.76 Å². The van der Waals surface area contributed by atoms with Crippen LogP contribution < -0.4 is 9.47 Å². The van der Waals surface area contributed by atoms with Crippen LogP contribution in [0.5, 0.6) is 11.5 Å². The van der Waals surface area contributed by atoms with Gasteiger partial charge in [-0.2, -0.15) is 0 Å². The van der Waals surface area contributed by atoms with Gasteiger partial charge < -0.3 is 24.4 Å². The number of benzene rings is 2. The van der Waals surface area contributed by atoms with Crippen LogP contribution in [-0.2, 0) is 9.59 Å². The Bertz CT molecular complexity index is 1030. The molecule has 34 heavy (non-hydrogen) atoms. The number of methoxy groups -OCH3 is 1. The van der Waals surface area contributed by atoms with Gasteiger partial charge in [-0.05, 0) is 38.2 Å². The summed E-state index contributed by atoms with van der Waals surface area (Å²) in [5, 5.41) is 11.1. The molecule has 7 heteroatoms. The van der Waals surface area contributed by atoms with Crippen molar-refractivity contribution in [1.82, 2.24) is 9.80 Å². The quantitative estimate of drug-likeness (QED) is 0.231. The predicted molar refractivity (Wildman–Crippen MR) is 132 cm³/mol. The highest BCUT2D eigenvalue weighted by Crippen LogP contribution is 2.41. The minimum atomic E-state index is -0.733. The van der Waals surface area contributed by atoms with E-state index in [4.69, 9.17) is 9.47 Å². The first-order valence-electron chi connectivity index (χ1n) is 11.7. The molecule has 7 nitrogen and oxygen atoms in total. The molecule has 0 spiro atoms. The van der Waals surface area contributed by atoms with E-state index >= 15 is 0 Å². The molecule has 1 amide bonds. The number of carbonyl (C=O) groups is 2. The lowest BCUT2D eigenvalue weighted by molar-refractivity contribution is -0.140. The van der Waals surface area contributed by atoms with Crippen LogP contribution in [0.4, 0.5) is 0 Å². The average molecular weight is 467 g/mol. The summed E-state index contributed by atoms with van der Waals surface area (Å²) in [6.45, 7) is 3.63. The molecular weight excluding hydrogens is 432 g/mol. The molecule has 1 N–H and O–H groups in total. The highest BCUT2D eigenvalue weighted by Gasteiger charge is 2.46. The molecule has 1 fully saturated rings. The highest BCUT2D eigenvalue weighted by atomic mass is 16.5. The van der Waals surface area contributed by atoms with Crippen molar-refractivity contribution in [2.75, 3.05) is 40.9 Å². The Hall–Kier alpha value is -3.32. The molecule has 0 saturated carbocycles. The number of rotatable bonds is 11. The molecule has 2 aromatic rings. The fraction of sp³-hybridized carbons (Fsp3) is 0.407. The smallest absolute Gasteiger partial charge is 0.295 e. The number of amides is 1. The second kappa shape index (κ2) is 11.7. The van der Waals surface area contributed by atoms with Crippen LogP contribution in [0.2, 0.25) is 0 Å². The van der Waals surface area contributed by atoms with Crippen LogP contribution in [0.15, 0.2) is 54.1 Å². The number of hydrogen-bond donors (Lipinski definition) is 1. The molecular formula is C27H34N2O5. The van der Waals surface area contributed by atoms with Crippen molar-refractivity contribution in [3.63, 3.8) is 0 Å². The van der Waals surface area contributed by atoms with Gasteiger partial charge in [-0.25, -0.2) is 0 Å². The SMILES string of the molecule is CCCCCOc1ccc(C2C(=C(O)c3ccccc3)C(=O)C(=O)N2CCN(C)C)cc1OC. The van der Waals surface area contributed by atoms with Gasteiger partial charge in [-0.3, -0.25) is 9.59 Å². The van der Waals surface area contributed by atoms with Crippen molar-refractivity contribution in [3.8, 4) is 11.5 Å². The van der Waals surface area contributed by atoms with Gasteiger partial charge in [0.05, 0.1) is 25.3 Å². The second-order valence-electron chi connectivity index (χ2n) is 8.63. The maximum atomic E-state index is 13.1. The number of Topliss-reactive ketones (excluding diaryl/α,β-unsaturated/α-hetero) is 1. The number of hydrogen-bond acceptors (Lipinski definition) is 6. The molecule has 0 aromatic heterocycles. The van der Waals surface area contributed by atoms with E-state index in [1.165, 1.54) is 4.90 Å². The van der Waals surface area contributed by atoms with Crippen LogP contribution in [0.25, 0.3) is 5.76 Å². The van der Waals surface area contributed by atoms with Gasteiger partial charge in [0.2, 0.25) is 0 Å². The van der Waals surface area contributed by atoms with E-state index < -0.39 is 17.7 Å². The number of ketones is 1. The van der Waals surface area contributed by atoms with Crippen LogP contribution in [0.1, 0.15) is 43.4 Å². The zero-order chi connectivity index (χ0) is 24.7. The molecule has 182 valence electrons. The van der Waals surface area contributed by atoms with Gasteiger partial charge in [-0.1, -0.05) is 56.2 Å². The lowest BCUT2D eigenvalue weighted by Gasteiger charge is -2.27. The zero-order valence-corrected chi connectivity index (χ0v) is 20.4. The van der Waals surface area contributed by atoms with E-state index in [1.54, 1.807) is 43.5 Å².